The number of ether oxygens (including phenoxy) is 1. The highest BCUT2D eigenvalue weighted by Crippen LogP contribution is 2.10. The summed E-state index contributed by atoms with van der Waals surface area (Å²) in [6.45, 7) is 1.88. The molecule has 22 heavy (non-hydrogen) atoms. The van der Waals surface area contributed by atoms with Crippen LogP contribution in [-0.4, -0.2) is 22.5 Å². The monoisotopic (exact) mass is 297 g/mol. The van der Waals surface area contributed by atoms with Crippen molar-refractivity contribution < 1.29 is 9.53 Å². The summed E-state index contributed by atoms with van der Waals surface area (Å²) in [7, 11) is 0. The Balaban J connectivity index is 1.90. The van der Waals surface area contributed by atoms with Gasteiger partial charge in [0.05, 0.1) is 0 Å². The Morgan fingerprint density at radius 2 is 2.32 bits per heavy atom. The second-order valence-electron chi connectivity index (χ2n) is 4.70. The summed E-state index contributed by atoms with van der Waals surface area (Å²) in [6.07, 6.45) is 9.51. The highest BCUT2D eigenvalue weighted by Gasteiger charge is 2.03. The van der Waals surface area contributed by atoms with Crippen molar-refractivity contribution in [2.45, 2.75) is 13.3 Å². The number of imidazole rings is 1. The number of rotatable bonds is 6. The molecule has 0 aliphatic heterocycles. The average molecular weight is 297 g/mol. The lowest BCUT2D eigenvalue weighted by Crippen LogP contribution is -2.14. The Morgan fingerprint density at radius 3 is 3.05 bits per heavy atom. The number of hydrogen-bond acceptors (Lipinski definition) is 4. The number of nitrogens with zero attached hydrogens (tertiary/aromatic N) is 1. The molecule has 1 aromatic carbocycles. The minimum absolute atomic E-state index is 0.119. The standard InChI is InChI=1S/C17H19N3O2/c1-2-15(18)17(21)22-10-4-7-13-5-3-6-14(11-13)12-16-19-8-9-20-16/h2-9,11H,10,12,18H2,1H3,(H,19,20)/b7-4?,15-2-. The molecule has 1 heterocycles. The van der Waals surface area contributed by atoms with Crippen LogP contribution in [0.25, 0.3) is 6.08 Å². The smallest absolute Gasteiger partial charge is 0.354 e. The molecule has 0 bridgehead atoms. The van der Waals surface area contributed by atoms with Gasteiger partial charge in [-0.1, -0.05) is 36.4 Å². The third-order valence-electron chi connectivity index (χ3n) is 3.05. The number of hydrogen-bond donors (Lipinski definition) is 2. The van der Waals surface area contributed by atoms with Crippen molar-refractivity contribution >= 4 is 12.0 Å². The zero-order chi connectivity index (χ0) is 15.8. The maximum Gasteiger partial charge on any atom is 0.354 e. The van der Waals surface area contributed by atoms with Crippen LogP contribution >= 0.6 is 0 Å². The fourth-order valence-corrected chi connectivity index (χ4v) is 1.90. The molecule has 0 saturated heterocycles. The molecule has 3 N–H and O–H groups in total. The van der Waals surface area contributed by atoms with Crippen LogP contribution in [-0.2, 0) is 16.0 Å². The van der Waals surface area contributed by atoms with Crippen LogP contribution in [0.5, 0.6) is 0 Å². The van der Waals surface area contributed by atoms with Gasteiger partial charge in [0.2, 0.25) is 0 Å². The molecule has 0 radical (unpaired) electrons. The van der Waals surface area contributed by atoms with Crippen molar-refractivity contribution in [1.82, 2.24) is 9.97 Å². The third-order valence-corrected chi connectivity index (χ3v) is 3.05. The van der Waals surface area contributed by atoms with E-state index < -0.39 is 5.97 Å². The van der Waals surface area contributed by atoms with E-state index in [-0.39, 0.29) is 12.3 Å². The van der Waals surface area contributed by atoms with E-state index in [0.29, 0.717) is 0 Å². The fraction of sp³-hybridized carbons (Fsp3) is 0.176. The maximum atomic E-state index is 11.4. The molecule has 0 fully saturated rings. The predicted molar refractivity (Wildman–Crippen MR) is 85.8 cm³/mol. The quantitative estimate of drug-likeness (QED) is 0.634. The van der Waals surface area contributed by atoms with Gasteiger partial charge in [-0.2, -0.15) is 0 Å². The number of aromatic amines is 1. The van der Waals surface area contributed by atoms with Gasteiger partial charge in [-0.15, -0.1) is 0 Å². The Bertz CT molecular complexity index is 673. The van der Waals surface area contributed by atoms with Crippen molar-refractivity contribution in [3.63, 3.8) is 0 Å². The SMILES string of the molecule is C/C=C(\N)C(=O)OCC=Cc1cccc(Cc2ncc[nH]2)c1. The minimum atomic E-state index is -0.501. The molecule has 1 aromatic heterocycles. The van der Waals surface area contributed by atoms with Crippen LogP contribution in [0.15, 0.2) is 54.5 Å². The van der Waals surface area contributed by atoms with Gasteiger partial charge in [0.25, 0.3) is 0 Å². The lowest BCUT2D eigenvalue weighted by Gasteiger charge is -2.02. The third kappa shape index (κ3) is 4.63. The number of aromatic nitrogens is 2. The lowest BCUT2D eigenvalue weighted by atomic mass is 10.1. The van der Waals surface area contributed by atoms with Gasteiger partial charge in [-0.05, 0) is 24.1 Å². The van der Waals surface area contributed by atoms with Crippen molar-refractivity contribution in [2.75, 3.05) is 6.61 Å². The lowest BCUT2D eigenvalue weighted by molar-refractivity contribution is -0.137. The van der Waals surface area contributed by atoms with Crippen molar-refractivity contribution in [2.24, 2.45) is 5.73 Å². The number of benzene rings is 1. The largest absolute Gasteiger partial charge is 0.457 e. The Kier molecular flexibility index (Phi) is 5.54. The normalized spacial score (nSPS) is 11.8. The van der Waals surface area contributed by atoms with Crippen LogP contribution in [0.2, 0.25) is 0 Å². The van der Waals surface area contributed by atoms with Gasteiger partial charge in [0.15, 0.2) is 0 Å². The number of H-pyrrole nitrogens is 1. The second kappa shape index (κ2) is 7.83. The molecule has 2 aromatic rings. The molecule has 5 nitrogen and oxygen atoms in total. The first kappa shape index (κ1) is 15.6. The molecule has 0 spiro atoms. The summed E-state index contributed by atoms with van der Waals surface area (Å²) in [5.41, 5.74) is 7.77. The van der Waals surface area contributed by atoms with Gasteiger partial charge >= 0.3 is 5.97 Å². The van der Waals surface area contributed by atoms with Gasteiger partial charge in [0.1, 0.15) is 18.1 Å². The molecule has 0 atom stereocenters. The van der Waals surface area contributed by atoms with E-state index in [1.165, 1.54) is 6.08 Å². The van der Waals surface area contributed by atoms with E-state index >= 15 is 0 Å². The summed E-state index contributed by atoms with van der Waals surface area (Å²) in [6, 6.07) is 8.10. The zero-order valence-electron chi connectivity index (χ0n) is 12.5. The number of nitrogens with one attached hydrogen (secondary N) is 1. The zero-order valence-corrected chi connectivity index (χ0v) is 12.5. The minimum Gasteiger partial charge on any atom is -0.457 e. The van der Waals surface area contributed by atoms with Crippen LogP contribution in [0.3, 0.4) is 0 Å². The van der Waals surface area contributed by atoms with Crippen LogP contribution < -0.4 is 5.73 Å². The average Bonchev–Trinajstić information content (AvgIpc) is 3.04. The number of carbonyl (C=O) groups excluding carboxylic acids is 1. The summed E-state index contributed by atoms with van der Waals surface area (Å²) < 4.78 is 5.00. The van der Waals surface area contributed by atoms with Gasteiger partial charge in [-0.25, -0.2) is 9.78 Å². The van der Waals surface area contributed by atoms with E-state index in [1.807, 2.05) is 30.5 Å². The molecule has 0 unspecified atom stereocenters. The van der Waals surface area contributed by atoms with Gasteiger partial charge in [-0.3, -0.25) is 0 Å². The second-order valence-corrected chi connectivity index (χ2v) is 4.70. The predicted octanol–water partition coefficient (Wildman–Crippen LogP) is 2.42. The van der Waals surface area contributed by atoms with Crippen LogP contribution in [0, 0.1) is 0 Å². The van der Waals surface area contributed by atoms with Gasteiger partial charge in [0, 0.05) is 18.8 Å². The first-order valence-corrected chi connectivity index (χ1v) is 7.01. The molecular formula is C17H19N3O2. The van der Waals surface area contributed by atoms with E-state index in [1.54, 1.807) is 19.2 Å². The summed E-state index contributed by atoms with van der Waals surface area (Å²) in [4.78, 5) is 18.7. The summed E-state index contributed by atoms with van der Waals surface area (Å²) in [5, 5.41) is 0. The van der Waals surface area contributed by atoms with Crippen molar-refractivity contribution in [3.8, 4) is 0 Å². The number of carbonyl (C=O) groups is 1. The first-order chi connectivity index (χ1) is 10.7. The maximum absolute atomic E-state index is 11.4. The van der Waals surface area contributed by atoms with Gasteiger partial charge < -0.3 is 15.5 Å². The number of allylic oxidation sites excluding steroid dienone is 1. The number of nitrogens with two attached hydrogens (primary N) is 1. The molecule has 114 valence electrons. The summed E-state index contributed by atoms with van der Waals surface area (Å²) in [5.74, 6) is 0.426. The van der Waals surface area contributed by atoms with Crippen molar-refractivity contribution in [1.29, 1.82) is 0 Å². The van der Waals surface area contributed by atoms with E-state index in [0.717, 1.165) is 23.4 Å². The Hall–Kier alpha value is -2.82. The number of esters is 1. The Morgan fingerprint density at radius 1 is 1.45 bits per heavy atom. The van der Waals surface area contributed by atoms with Crippen molar-refractivity contribution in [3.05, 3.63) is 71.5 Å². The molecule has 0 saturated carbocycles. The van der Waals surface area contributed by atoms with Crippen LogP contribution in [0.1, 0.15) is 23.9 Å². The highest BCUT2D eigenvalue weighted by molar-refractivity contribution is 5.87. The highest BCUT2D eigenvalue weighted by atomic mass is 16.5. The molecule has 5 heteroatoms. The van der Waals surface area contributed by atoms with E-state index in [9.17, 15) is 4.79 Å². The van der Waals surface area contributed by atoms with E-state index in [2.05, 4.69) is 16.0 Å². The van der Waals surface area contributed by atoms with E-state index in [4.69, 9.17) is 10.5 Å². The molecular weight excluding hydrogens is 278 g/mol. The molecule has 0 amide bonds. The topological polar surface area (TPSA) is 81.0 Å². The van der Waals surface area contributed by atoms with Crippen LogP contribution in [0.4, 0.5) is 0 Å². The molecule has 0 aliphatic carbocycles. The fourth-order valence-electron chi connectivity index (χ4n) is 1.90. The molecule has 2 rings (SSSR count). The first-order valence-electron chi connectivity index (χ1n) is 7.01. The Labute approximate surface area is 129 Å². The molecule has 0 aliphatic rings. The summed E-state index contributed by atoms with van der Waals surface area (Å²) >= 11 is 0.